The van der Waals surface area contributed by atoms with Gasteiger partial charge in [0.2, 0.25) is 17.6 Å². The summed E-state index contributed by atoms with van der Waals surface area (Å²) in [5.74, 6) is 1.52. The van der Waals surface area contributed by atoms with Crippen LogP contribution in [0, 0.1) is 0 Å². The van der Waals surface area contributed by atoms with Crippen molar-refractivity contribution >= 4 is 11.6 Å². The van der Waals surface area contributed by atoms with Crippen molar-refractivity contribution in [2.75, 3.05) is 5.32 Å². The fraction of sp³-hybridized carbons (Fsp3) is 0.150. The summed E-state index contributed by atoms with van der Waals surface area (Å²) in [6, 6.07) is 13.0. The molecule has 0 spiro atoms. The first kappa shape index (κ1) is 17.6. The second-order valence-corrected chi connectivity index (χ2v) is 6.22. The Kier molecular flexibility index (Phi) is 4.92. The molecule has 0 saturated heterocycles. The second-order valence-electron chi connectivity index (χ2n) is 6.22. The number of hydrogen-bond acceptors (Lipinski definition) is 6. The summed E-state index contributed by atoms with van der Waals surface area (Å²) >= 11 is 0. The van der Waals surface area contributed by atoms with Crippen LogP contribution >= 0.6 is 0 Å². The summed E-state index contributed by atoms with van der Waals surface area (Å²) in [6.45, 7) is 0. The van der Waals surface area contributed by atoms with Crippen molar-refractivity contribution in [2.45, 2.75) is 12.8 Å². The van der Waals surface area contributed by atoms with Crippen molar-refractivity contribution < 1.29 is 9.32 Å². The summed E-state index contributed by atoms with van der Waals surface area (Å²) < 4.78 is 7.14. The lowest BCUT2D eigenvalue weighted by molar-refractivity contribution is -0.116. The molecule has 3 aromatic heterocycles. The molecule has 8 heteroatoms. The first-order valence-electron chi connectivity index (χ1n) is 8.80. The van der Waals surface area contributed by atoms with Gasteiger partial charge in [-0.25, -0.2) is 4.98 Å². The third-order valence-electron chi connectivity index (χ3n) is 4.15. The summed E-state index contributed by atoms with van der Waals surface area (Å²) in [6.07, 6.45) is 5.87. The number of aromatic nitrogens is 5. The van der Waals surface area contributed by atoms with E-state index in [1.807, 2.05) is 54.2 Å². The van der Waals surface area contributed by atoms with Gasteiger partial charge in [-0.2, -0.15) is 4.98 Å². The molecule has 140 valence electrons. The molecule has 0 aliphatic carbocycles. The number of benzene rings is 1. The zero-order chi connectivity index (χ0) is 19.3. The van der Waals surface area contributed by atoms with E-state index < -0.39 is 0 Å². The number of rotatable bonds is 6. The SMILES string of the molecule is Cn1ccnc1-c1cccc(NC(=O)CCc2nc(-c3ccccn3)no2)c1. The molecule has 1 aromatic carbocycles. The van der Waals surface area contributed by atoms with E-state index in [9.17, 15) is 4.79 Å². The third-order valence-corrected chi connectivity index (χ3v) is 4.15. The molecule has 1 amide bonds. The minimum Gasteiger partial charge on any atom is -0.339 e. The average Bonchev–Trinajstić information content (AvgIpc) is 3.36. The van der Waals surface area contributed by atoms with Gasteiger partial charge in [-0.05, 0) is 24.3 Å². The minimum atomic E-state index is -0.130. The maximum atomic E-state index is 12.3. The second kappa shape index (κ2) is 7.83. The van der Waals surface area contributed by atoms with Gasteiger partial charge in [0.1, 0.15) is 11.5 Å². The number of pyridine rings is 1. The molecule has 28 heavy (non-hydrogen) atoms. The van der Waals surface area contributed by atoms with Crippen molar-refractivity contribution in [1.82, 2.24) is 24.7 Å². The molecule has 4 rings (SSSR count). The van der Waals surface area contributed by atoms with Crippen LogP contribution in [0.3, 0.4) is 0 Å². The molecule has 0 aliphatic heterocycles. The van der Waals surface area contributed by atoms with Crippen LogP contribution in [0.4, 0.5) is 5.69 Å². The molecule has 0 bridgehead atoms. The Bertz CT molecular complexity index is 1090. The number of aryl methyl sites for hydroxylation is 2. The number of carbonyl (C=O) groups excluding carboxylic acids is 1. The van der Waals surface area contributed by atoms with Crippen LogP contribution in [0.5, 0.6) is 0 Å². The maximum absolute atomic E-state index is 12.3. The van der Waals surface area contributed by atoms with Crippen LogP contribution < -0.4 is 5.32 Å². The van der Waals surface area contributed by atoms with Crippen LogP contribution in [0.1, 0.15) is 12.3 Å². The van der Waals surface area contributed by atoms with E-state index in [2.05, 4.69) is 25.4 Å². The van der Waals surface area contributed by atoms with E-state index in [1.54, 1.807) is 18.5 Å². The molecular formula is C20H18N6O2. The van der Waals surface area contributed by atoms with Crippen molar-refractivity contribution in [3.05, 3.63) is 66.9 Å². The standard InChI is InChI=1S/C20H18N6O2/c1-26-12-11-22-20(26)14-5-4-6-15(13-14)23-17(27)8-9-18-24-19(25-28-18)16-7-2-3-10-21-16/h2-7,10-13H,8-9H2,1H3,(H,23,27). The molecule has 3 heterocycles. The van der Waals surface area contributed by atoms with Gasteiger partial charge in [-0.1, -0.05) is 23.4 Å². The lowest BCUT2D eigenvalue weighted by Crippen LogP contribution is -2.12. The Labute approximate surface area is 161 Å². The molecule has 8 nitrogen and oxygen atoms in total. The number of imidazole rings is 1. The summed E-state index contributed by atoms with van der Waals surface area (Å²) in [7, 11) is 1.93. The topological polar surface area (TPSA) is 98.7 Å². The normalized spacial score (nSPS) is 10.8. The molecule has 4 aromatic rings. The Hall–Kier alpha value is -3.81. The highest BCUT2D eigenvalue weighted by molar-refractivity contribution is 5.91. The van der Waals surface area contributed by atoms with E-state index in [0.717, 1.165) is 11.4 Å². The number of anilines is 1. The van der Waals surface area contributed by atoms with E-state index in [4.69, 9.17) is 4.52 Å². The van der Waals surface area contributed by atoms with Crippen LogP contribution in [-0.2, 0) is 18.3 Å². The average molecular weight is 374 g/mol. The quantitative estimate of drug-likeness (QED) is 0.557. The molecule has 0 fully saturated rings. The predicted octanol–water partition coefficient (Wildman–Crippen LogP) is 3.10. The lowest BCUT2D eigenvalue weighted by atomic mass is 10.2. The summed E-state index contributed by atoms with van der Waals surface area (Å²) in [5.41, 5.74) is 2.28. The molecule has 0 atom stereocenters. The van der Waals surface area contributed by atoms with Gasteiger partial charge >= 0.3 is 0 Å². The van der Waals surface area contributed by atoms with Gasteiger partial charge in [0, 0.05) is 49.7 Å². The highest BCUT2D eigenvalue weighted by atomic mass is 16.5. The molecular weight excluding hydrogens is 356 g/mol. The Morgan fingerprint density at radius 2 is 2.07 bits per heavy atom. The van der Waals surface area contributed by atoms with Crippen LogP contribution in [-0.4, -0.2) is 30.6 Å². The number of hydrogen-bond donors (Lipinski definition) is 1. The first-order chi connectivity index (χ1) is 13.7. The zero-order valence-electron chi connectivity index (χ0n) is 15.2. The minimum absolute atomic E-state index is 0.130. The van der Waals surface area contributed by atoms with E-state index in [1.165, 1.54) is 0 Å². The summed E-state index contributed by atoms with van der Waals surface area (Å²) in [5, 5.41) is 6.80. The molecule has 1 N–H and O–H groups in total. The number of nitrogens with zero attached hydrogens (tertiary/aromatic N) is 5. The van der Waals surface area contributed by atoms with E-state index in [-0.39, 0.29) is 12.3 Å². The van der Waals surface area contributed by atoms with E-state index in [0.29, 0.717) is 29.5 Å². The largest absolute Gasteiger partial charge is 0.339 e. The highest BCUT2D eigenvalue weighted by Crippen LogP contribution is 2.21. The summed E-state index contributed by atoms with van der Waals surface area (Å²) in [4.78, 5) is 25.1. The van der Waals surface area contributed by atoms with Crippen LogP contribution in [0.15, 0.2) is 65.6 Å². The molecule has 0 unspecified atom stereocenters. The Morgan fingerprint density at radius 1 is 1.14 bits per heavy atom. The fourth-order valence-corrected chi connectivity index (χ4v) is 2.78. The number of amides is 1. The van der Waals surface area contributed by atoms with Crippen molar-refractivity contribution in [2.24, 2.45) is 7.05 Å². The number of nitrogens with one attached hydrogen (secondary N) is 1. The molecule has 0 aliphatic rings. The van der Waals surface area contributed by atoms with Gasteiger partial charge in [0.25, 0.3) is 0 Å². The first-order valence-corrected chi connectivity index (χ1v) is 8.80. The Morgan fingerprint density at radius 3 is 2.86 bits per heavy atom. The predicted molar refractivity (Wildman–Crippen MR) is 103 cm³/mol. The van der Waals surface area contributed by atoms with Gasteiger partial charge in [-0.3, -0.25) is 9.78 Å². The third kappa shape index (κ3) is 3.96. The smallest absolute Gasteiger partial charge is 0.227 e. The van der Waals surface area contributed by atoms with Crippen LogP contribution in [0.2, 0.25) is 0 Å². The highest BCUT2D eigenvalue weighted by Gasteiger charge is 2.12. The van der Waals surface area contributed by atoms with Crippen LogP contribution in [0.25, 0.3) is 22.9 Å². The zero-order valence-corrected chi connectivity index (χ0v) is 15.2. The van der Waals surface area contributed by atoms with E-state index >= 15 is 0 Å². The van der Waals surface area contributed by atoms with Gasteiger partial charge in [0.05, 0.1) is 0 Å². The molecule has 0 saturated carbocycles. The van der Waals surface area contributed by atoms with Crippen molar-refractivity contribution in [3.63, 3.8) is 0 Å². The van der Waals surface area contributed by atoms with Crippen molar-refractivity contribution in [3.8, 4) is 22.9 Å². The Balaban J connectivity index is 1.37. The monoisotopic (exact) mass is 374 g/mol. The lowest BCUT2D eigenvalue weighted by Gasteiger charge is -2.07. The number of carbonyl (C=O) groups is 1. The van der Waals surface area contributed by atoms with Crippen molar-refractivity contribution in [1.29, 1.82) is 0 Å². The van der Waals surface area contributed by atoms with Gasteiger partial charge in [-0.15, -0.1) is 0 Å². The molecule has 0 radical (unpaired) electrons. The maximum Gasteiger partial charge on any atom is 0.227 e. The van der Waals surface area contributed by atoms with Gasteiger partial charge < -0.3 is 14.4 Å². The van der Waals surface area contributed by atoms with Gasteiger partial charge in [0.15, 0.2) is 0 Å². The fourth-order valence-electron chi connectivity index (χ4n) is 2.78.